The summed E-state index contributed by atoms with van der Waals surface area (Å²) in [5.41, 5.74) is 20.1. The minimum Gasteiger partial charge on any atom is -0.753 e. The van der Waals surface area contributed by atoms with E-state index in [2.05, 4.69) is 279 Å². The number of carboxylic acid groups (broad SMARTS) is 1. The molecule has 12 rings (SSSR count). The van der Waals surface area contributed by atoms with Crippen molar-refractivity contribution in [2.45, 2.75) is 105 Å². The Balaban J connectivity index is 0.00000138. The Hall–Kier alpha value is -9.31. The standard InChI is InChI=1S/C77H72N6O2.2CNS.Ru/c1-74(2,3)53-24-32-69-59(44-53)60-45-54(75(4,5)6)25-33-70(60)82(69)57-28-20-48(21-29-57)16-18-50-36-38-78-65(40-50)68-42-51(41-67(81-68)64-15-13-14-63(80-64)66-43-52(73(84)85)37-39-79-66)19-17-49-22-30-58(31-23-49)83-71-34-26-55(76(7,8)9)46-61(71)62-47-56(77(10,11)12)27-35-72(62)83;2*2-1-3;/h13-47H,1-12H3,(H,84,85);;;/q;2*-1;+2/b18-16+,19-17+;;;. The maximum absolute atomic E-state index is 11.9. The molecule has 0 bridgehead atoms. The summed E-state index contributed by atoms with van der Waals surface area (Å²) in [7, 11) is 0. The van der Waals surface area contributed by atoms with Crippen LogP contribution in [0.25, 0.3) is 124 Å². The van der Waals surface area contributed by atoms with E-state index in [0.29, 0.717) is 34.2 Å². The molecule has 92 heavy (non-hydrogen) atoms. The Morgan fingerprint density at radius 2 is 0.717 bits per heavy atom. The van der Waals surface area contributed by atoms with Crippen molar-refractivity contribution in [2.75, 3.05) is 0 Å². The van der Waals surface area contributed by atoms with Crippen molar-refractivity contribution >= 4 is 109 Å². The predicted molar refractivity (Wildman–Crippen MR) is 387 cm³/mol. The minimum absolute atomic E-state index is 0. The van der Waals surface area contributed by atoms with Crippen molar-refractivity contribution < 1.29 is 29.4 Å². The van der Waals surface area contributed by atoms with Gasteiger partial charge in [0.05, 0.1) is 61.8 Å². The van der Waals surface area contributed by atoms with Gasteiger partial charge in [0.25, 0.3) is 0 Å². The molecule has 0 atom stereocenters. The molecule has 0 aliphatic heterocycles. The fraction of sp³-hybridized carbons (Fsp3) is 0.203. The summed E-state index contributed by atoms with van der Waals surface area (Å²) in [6, 6.07) is 62.1. The average Bonchev–Trinajstić information content (AvgIpc) is 1.59. The molecule has 13 heteroatoms. The number of hydrogen-bond donors (Lipinski definition) is 1. The summed E-state index contributed by atoms with van der Waals surface area (Å²) in [6.07, 6.45) is 11.8. The second-order valence-electron chi connectivity index (χ2n) is 26.9. The van der Waals surface area contributed by atoms with Crippen LogP contribution >= 0.6 is 24.4 Å². The molecule has 0 radical (unpaired) electrons. The molecule has 0 aliphatic rings. The van der Waals surface area contributed by atoms with Gasteiger partial charge in [0.2, 0.25) is 0 Å². The summed E-state index contributed by atoms with van der Waals surface area (Å²) in [6.45, 7) is 27.3. The molecule has 0 amide bonds. The van der Waals surface area contributed by atoms with Gasteiger partial charge in [0, 0.05) is 45.3 Å². The Kier molecular flexibility index (Phi) is 19.9. The number of nitrogens with zero attached hydrogens (tertiary/aromatic N) is 8. The molecule has 10 nitrogen and oxygen atoms in total. The zero-order valence-electron chi connectivity index (χ0n) is 53.8. The third-order valence-electron chi connectivity index (χ3n) is 16.4. The Labute approximate surface area is 562 Å². The van der Waals surface area contributed by atoms with Crippen molar-refractivity contribution in [1.82, 2.24) is 29.1 Å². The van der Waals surface area contributed by atoms with E-state index in [1.807, 2.05) is 36.5 Å². The number of benzene rings is 6. The maximum atomic E-state index is 11.9. The fourth-order valence-electron chi connectivity index (χ4n) is 11.3. The summed E-state index contributed by atoms with van der Waals surface area (Å²) in [5.74, 6) is -1.03. The molecule has 0 fully saturated rings. The molecule has 1 N–H and O–H groups in total. The van der Waals surface area contributed by atoms with Gasteiger partial charge >= 0.3 is 25.4 Å². The van der Waals surface area contributed by atoms with E-state index < -0.39 is 5.97 Å². The van der Waals surface area contributed by atoms with Gasteiger partial charge in [0.1, 0.15) is 0 Å². The van der Waals surface area contributed by atoms with Crippen molar-refractivity contribution in [3.8, 4) is 45.5 Å². The van der Waals surface area contributed by atoms with E-state index >= 15 is 0 Å². The summed E-state index contributed by atoms with van der Waals surface area (Å²) in [5, 5.41) is 31.8. The van der Waals surface area contributed by atoms with Crippen molar-refractivity contribution in [3.63, 3.8) is 0 Å². The molecule has 0 saturated carbocycles. The van der Waals surface area contributed by atoms with Gasteiger partial charge in [-0.25, -0.2) is 14.8 Å². The SMILES string of the molecule is CC(C)(C)c1ccc2c(c1)c1cc(C(C)(C)C)ccc1n2-c1ccc(/C=C/c2ccnc(-c3cc(/C=C/c4ccc(-n5c6ccc(C(C)(C)C)cc6c6cc(C(C)(C)C)ccc65)cc4)cc(-c4cccc(-c5cc(C(=O)O)ccn5)n4)n3)c2)cc1.[N-]=C=S.[N-]=C=S.[Ru+2]. The third-order valence-corrected chi connectivity index (χ3v) is 16.4. The number of isothiocyanates is 2. The van der Waals surface area contributed by atoms with Gasteiger partial charge in [-0.05, 0) is 187 Å². The minimum atomic E-state index is -1.03. The molecule has 12 aromatic rings. The number of aromatic nitrogens is 6. The van der Waals surface area contributed by atoms with Gasteiger partial charge in [-0.2, -0.15) is 10.3 Å². The largest absolute Gasteiger partial charge is 2.00 e. The first-order valence-corrected chi connectivity index (χ1v) is 31.0. The van der Waals surface area contributed by atoms with Crippen LogP contribution in [-0.2, 0) is 41.1 Å². The number of aromatic carboxylic acids is 1. The van der Waals surface area contributed by atoms with E-state index in [0.717, 1.165) is 33.6 Å². The van der Waals surface area contributed by atoms with Gasteiger partial charge in [-0.1, -0.05) is 186 Å². The fourth-order valence-corrected chi connectivity index (χ4v) is 11.3. The smallest absolute Gasteiger partial charge is 0.753 e. The van der Waals surface area contributed by atoms with E-state index in [9.17, 15) is 9.90 Å². The third kappa shape index (κ3) is 14.7. The predicted octanol–water partition coefficient (Wildman–Crippen LogP) is 21.0. The summed E-state index contributed by atoms with van der Waals surface area (Å²) < 4.78 is 4.78. The molecule has 0 aliphatic carbocycles. The second-order valence-corrected chi connectivity index (χ2v) is 27.3. The van der Waals surface area contributed by atoms with E-state index in [1.54, 1.807) is 0 Å². The van der Waals surface area contributed by atoms with Crippen LogP contribution in [0.5, 0.6) is 0 Å². The number of hydrogen-bond acceptors (Lipinski definition) is 7. The number of carboxylic acids is 1. The van der Waals surface area contributed by atoms with Crippen LogP contribution < -0.4 is 0 Å². The average molecular weight is 1330 g/mol. The quantitative estimate of drug-likeness (QED) is 0.0810. The molecule has 0 unspecified atom stereocenters. The number of rotatable bonds is 10. The monoisotopic (exact) mass is 1330 g/mol. The van der Waals surface area contributed by atoms with Crippen molar-refractivity contribution in [1.29, 1.82) is 0 Å². The van der Waals surface area contributed by atoms with Gasteiger partial charge in [-0.3, -0.25) is 9.97 Å². The van der Waals surface area contributed by atoms with Crippen LogP contribution in [-0.4, -0.2) is 50.5 Å². The van der Waals surface area contributed by atoms with E-state index in [-0.39, 0.29) is 46.7 Å². The van der Waals surface area contributed by atoms with Crippen LogP contribution in [0.4, 0.5) is 0 Å². The molecule has 6 aromatic heterocycles. The molecular weight excluding hydrogens is 1260 g/mol. The first-order valence-electron chi connectivity index (χ1n) is 30.2. The molecule has 0 spiro atoms. The van der Waals surface area contributed by atoms with Crippen molar-refractivity contribution in [3.05, 3.63) is 249 Å². The maximum Gasteiger partial charge on any atom is 2.00 e. The normalized spacial score (nSPS) is 11.9. The Bertz CT molecular complexity index is 4730. The van der Waals surface area contributed by atoms with Crippen LogP contribution in [0.2, 0.25) is 0 Å². The van der Waals surface area contributed by atoms with Crippen molar-refractivity contribution in [2.24, 2.45) is 0 Å². The zero-order valence-corrected chi connectivity index (χ0v) is 57.2. The number of fused-ring (bicyclic) bond motifs is 6. The summed E-state index contributed by atoms with van der Waals surface area (Å²) in [4.78, 5) is 31.5. The molecule has 6 heterocycles. The Morgan fingerprint density at radius 1 is 0.402 bits per heavy atom. The molecule has 0 saturated heterocycles. The summed E-state index contributed by atoms with van der Waals surface area (Å²) >= 11 is 7.40. The van der Waals surface area contributed by atoms with Gasteiger partial charge < -0.3 is 25.1 Å². The van der Waals surface area contributed by atoms with Crippen LogP contribution in [0.1, 0.15) is 138 Å². The molecule has 6 aromatic carbocycles. The number of thiocarbonyl (C=S) groups is 2. The molecule has 460 valence electrons. The van der Waals surface area contributed by atoms with E-state index in [1.165, 1.54) is 94.5 Å². The Morgan fingerprint density at radius 3 is 1.10 bits per heavy atom. The topological polar surface area (TPSA) is 143 Å². The first-order chi connectivity index (χ1) is 43.3. The molecular formula is C79H72N8O2RuS2. The number of pyridine rings is 4. The first kappa shape index (κ1) is 67.1. The number of carbonyl (C=O) groups is 1. The second kappa shape index (κ2) is 27.3. The van der Waals surface area contributed by atoms with Gasteiger partial charge in [0.15, 0.2) is 0 Å². The van der Waals surface area contributed by atoms with Crippen LogP contribution in [0.15, 0.2) is 188 Å². The zero-order chi connectivity index (χ0) is 65.2. The van der Waals surface area contributed by atoms with E-state index in [4.69, 9.17) is 25.8 Å². The van der Waals surface area contributed by atoms with Crippen LogP contribution in [0.3, 0.4) is 0 Å². The van der Waals surface area contributed by atoms with Crippen LogP contribution in [0, 0.1) is 0 Å². The van der Waals surface area contributed by atoms with Gasteiger partial charge in [-0.15, -0.1) is 0 Å².